The Balaban J connectivity index is 2.59. The molecule has 0 saturated carbocycles. The average Bonchev–Trinajstić information content (AvgIpc) is 2.47. The lowest BCUT2D eigenvalue weighted by Crippen LogP contribution is -2.37. The van der Waals surface area contributed by atoms with Gasteiger partial charge in [0, 0.05) is 6.04 Å². The van der Waals surface area contributed by atoms with Gasteiger partial charge < -0.3 is 9.64 Å². The first-order valence-corrected chi connectivity index (χ1v) is 7.64. The number of carbonyl (C=O) groups is 1. The summed E-state index contributed by atoms with van der Waals surface area (Å²) in [4.78, 5) is 14.1. The van der Waals surface area contributed by atoms with E-state index in [1.807, 2.05) is 13.0 Å². The number of hydrogen-bond donors (Lipinski definition) is 0. The predicted octanol–water partition coefficient (Wildman–Crippen LogP) is 3.28. The molecule has 0 aliphatic rings. The van der Waals surface area contributed by atoms with Gasteiger partial charge >= 0.3 is 5.97 Å². The van der Waals surface area contributed by atoms with Crippen molar-refractivity contribution in [2.75, 3.05) is 19.7 Å². The molecule has 1 aromatic rings. The highest BCUT2D eigenvalue weighted by molar-refractivity contribution is 5.70. The van der Waals surface area contributed by atoms with Crippen molar-refractivity contribution in [3.63, 3.8) is 0 Å². The molecule has 0 saturated heterocycles. The van der Waals surface area contributed by atoms with Gasteiger partial charge in [-0.2, -0.15) is 0 Å². The summed E-state index contributed by atoms with van der Waals surface area (Å²) >= 11 is 0. The summed E-state index contributed by atoms with van der Waals surface area (Å²) in [6, 6.07) is 10.7. The minimum absolute atomic E-state index is 0.0857. The molecule has 0 fully saturated rings. The number of benzene rings is 1. The smallest absolute Gasteiger partial charge is 0.307 e. The summed E-state index contributed by atoms with van der Waals surface area (Å²) in [6.07, 6.45) is 2.48. The van der Waals surface area contributed by atoms with Crippen LogP contribution in [0, 0.1) is 0 Å². The van der Waals surface area contributed by atoms with E-state index >= 15 is 0 Å². The van der Waals surface area contributed by atoms with E-state index in [1.54, 1.807) is 0 Å². The second-order valence-corrected chi connectivity index (χ2v) is 4.91. The molecule has 0 heterocycles. The Kier molecular flexibility index (Phi) is 7.97. The molecule has 0 amide bonds. The number of rotatable bonds is 9. The number of carbonyl (C=O) groups excluding carboxylic acids is 1. The normalized spacial score (nSPS) is 12.4. The lowest BCUT2D eigenvalue weighted by Gasteiger charge is -2.29. The van der Waals surface area contributed by atoms with Gasteiger partial charge in [0.25, 0.3) is 0 Å². The van der Waals surface area contributed by atoms with Crippen LogP contribution in [0.15, 0.2) is 30.3 Å². The van der Waals surface area contributed by atoms with E-state index in [9.17, 15) is 4.79 Å². The van der Waals surface area contributed by atoms with Crippen molar-refractivity contribution in [3.8, 4) is 0 Å². The first-order chi connectivity index (χ1) is 9.71. The summed E-state index contributed by atoms with van der Waals surface area (Å²) in [6.45, 7) is 8.54. The molecule has 20 heavy (non-hydrogen) atoms. The van der Waals surface area contributed by atoms with Gasteiger partial charge in [0.05, 0.1) is 13.0 Å². The van der Waals surface area contributed by atoms with Crippen molar-refractivity contribution in [3.05, 3.63) is 35.9 Å². The molecule has 1 atom stereocenters. The van der Waals surface area contributed by atoms with Gasteiger partial charge in [-0.25, -0.2) is 0 Å². The van der Waals surface area contributed by atoms with E-state index in [4.69, 9.17) is 4.74 Å². The van der Waals surface area contributed by atoms with E-state index in [-0.39, 0.29) is 12.0 Å². The van der Waals surface area contributed by atoms with Crippen LogP contribution < -0.4 is 0 Å². The molecule has 0 aromatic heterocycles. The van der Waals surface area contributed by atoms with Crippen molar-refractivity contribution in [2.45, 2.75) is 46.1 Å². The van der Waals surface area contributed by atoms with Gasteiger partial charge in [0.15, 0.2) is 0 Å². The van der Waals surface area contributed by atoms with Crippen LogP contribution in [0.3, 0.4) is 0 Å². The Morgan fingerprint density at radius 1 is 1.15 bits per heavy atom. The lowest BCUT2D eigenvalue weighted by atomic mass is 10.0. The standard InChI is InChI=1S/C17H27NO2/c1-4-18(5-2)16(14-17(19)20-6-3)13-12-15-10-8-7-9-11-15/h7-11,16H,4-6,12-14H2,1-3H3. The maximum atomic E-state index is 11.8. The van der Waals surface area contributed by atoms with E-state index in [2.05, 4.69) is 43.0 Å². The zero-order valence-electron chi connectivity index (χ0n) is 13.0. The van der Waals surface area contributed by atoms with E-state index in [0.29, 0.717) is 13.0 Å². The molecule has 0 aliphatic carbocycles. The lowest BCUT2D eigenvalue weighted by molar-refractivity contribution is -0.144. The van der Waals surface area contributed by atoms with Gasteiger partial charge in [-0.3, -0.25) is 4.79 Å². The summed E-state index contributed by atoms with van der Waals surface area (Å²) in [7, 11) is 0. The number of nitrogens with zero attached hydrogens (tertiary/aromatic N) is 1. The van der Waals surface area contributed by atoms with E-state index in [1.165, 1.54) is 5.56 Å². The third-order valence-corrected chi connectivity index (χ3v) is 3.65. The minimum atomic E-state index is -0.0857. The molecule has 1 unspecified atom stereocenters. The maximum Gasteiger partial charge on any atom is 0.307 e. The SMILES string of the molecule is CCOC(=O)CC(CCc1ccccc1)N(CC)CC. The fraction of sp³-hybridized carbons (Fsp3) is 0.588. The molecule has 0 spiro atoms. The van der Waals surface area contributed by atoms with Crippen LogP contribution in [0.5, 0.6) is 0 Å². The topological polar surface area (TPSA) is 29.5 Å². The number of aryl methyl sites for hydroxylation is 1. The second-order valence-electron chi connectivity index (χ2n) is 4.91. The second kappa shape index (κ2) is 9.54. The highest BCUT2D eigenvalue weighted by Crippen LogP contribution is 2.14. The van der Waals surface area contributed by atoms with Crippen LogP contribution in [0.1, 0.15) is 39.2 Å². The van der Waals surface area contributed by atoms with Crippen LogP contribution >= 0.6 is 0 Å². The van der Waals surface area contributed by atoms with Crippen molar-refractivity contribution < 1.29 is 9.53 Å². The highest BCUT2D eigenvalue weighted by atomic mass is 16.5. The summed E-state index contributed by atoms with van der Waals surface area (Å²) in [5, 5.41) is 0. The van der Waals surface area contributed by atoms with Crippen molar-refractivity contribution in [2.24, 2.45) is 0 Å². The summed E-state index contributed by atoms with van der Waals surface area (Å²) in [5.74, 6) is -0.0857. The fourth-order valence-corrected chi connectivity index (χ4v) is 2.54. The Morgan fingerprint density at radius 3 is 2.35 bits per heavy atom. The molecule has 0 N–H and O–H groups in total. The first-order valence-electron chi connectivity index (χ1n) is 7.64. The average molecular weight is 277 g/mol. The minimum Gasteiger partial charge on any atom is -0.466 e. The maximum absolute atomic E-state index is 11.8. The highest BCUT2D eigenvalue weighted by Gasteiger charge is 2.19. The molecular formula is C17H27NO2. The third-order valence-electron chi connectivity index (χ3n) is 3.65. The number of hydrogen-bond acceptors (Lipinski definition) is 3. The van der Waals surface area contributed by atoms with Crippen LogP contribution in [-0.2, 0) is 16.0 Å². The van der Waals surface area contributed by atoms with Gasteiger partial charge in [0.1, 0.15) is 0 Å². The van der Waals surface area contributed by atoms with Gasteiger partial charge in [0.2, 0.25) is 0 Å². The summed E-state index contributed by atoms with van der Waals surface area (Å²) < 4.78 is 5.10. The van der Waals surface area contributed by atoms with E-state index < -0.39 is 0 Å². The zero-order valence-corrected chi connectivity index (χ0v) is 13.0. The van der Waals surface area contributed by atoms with Crippen molar-refractivity contribution in [1.29, 1.82) is 0 Å². The molecule has 1 aromatic carbocycles. The number of esters is 1. The largest absolute Gasteiger partial charge is 0.466 e. The summed E-state index contributed by atoms with van der Waals surface area (Å²) in [5.41, 5.74) is 1.33. The molecule has 0 bridgehead atoms. The van der Waals surface area contributed by atoms with Crippen molar-refractivity contribution >= 4 is 5.97 Å². The molecular weight excluding hydrogens is 250 g/mol. The Labute approximate surface area is 122 Å². The van der Waals surface area contributed by atoms with Crippen LogP contribution in [0.4, 0.5) is 0 Å². The van der Waals surface area contributed by atoms with Gasteiger partial charge in [-0.1, -0.05) is 44.2 Å². The molecule has 3 heteroatoms. The van der Waals surface area contributed by atoms with Gasteiger partial charge in [-0.05, 0) is 38.4 Å². The fourth-order valence-electron chi connectivity index (χ4n) is 2.54. The van der Waals surface area contributed by atoms with Gasteiger partial charge in [-0.15, -0.1) is 0 Å². The molecule has 1 rings (SSSR count). The molecule has 0 radical (unpaired) electrons. The molecule has 0 aliphatic heterocycles. The van der Waals surface area contributed by atoms with Crippen molar-refractivity contribution in [1.82, 2.24) is 4.90 Å². The zero-order chi connectivity index (χ0) is 14.8. The van der Waals surface area contributed by atoms with Crippen LogP contribution in [0.25, 0.3) is 0 Å². The predicted molar refractivity (Wildman–Crippen MR) is 82.7 cm³/mol. The molecule has 112 valence electrons. The first kappa shape index (κ1) is 16.7. The van der Waals surface area contributed by atoms with E-state index in [0.717, 1.165) is 25.9 Å². The molecule has 3 nitrogen and oxygen atoms in total. The Bertz CT molecular complexity index is 374. The van der Waals surface area contributed by atoms with Crippen LogP contribution in [0.2, 0.25) is 0 Å². The van der Waals surface area contributed by atoms with Crippen LogP contribution in [-0.4, -0.2) is 36.6 Å². The Hall–Kier alpha value is -1.35. The monoisotopic (exact) mass is 277 g/mol. The Morgan fingerprint density at radius 2 is 1.80 bits per heavy atom. The third kappa shape index (κ3) is 5.74. The number of ether oxygens (including phenoxy) is 1. The quantitative estimate of drug-likeness (QED) is 0.649.